The largest absolute Gasteiger partial charge is 0.497 e. The Hall–Kier alpha value is -3.07. The number of ether oxygens (including phenoxy) is 2. The van der Waals surface area contributed by atoms with Gasteiger partial charge in [-0.05, 0) is 18.2 Å². The van der Waals surface area contributed by atoms with Crippen LogP contribution in [0.3, 0.4) is 0 Å². The molecule has 0 bridgehead atoms. The minimum atomic E-state index is -0.537. The second kappa shape index (κ2) is 7.22. The van der Waals surface area contributed by atoms with Crippen LogP contribution in [-0.2, 0) is 16.1 Å². The third-order valence-electron chi connectivity index (χ3n) is 3.38. The van der Waals surface area contributed by atoms with Gasteiger partial charge in [0, 0.05) is 12.4 Å². The summed E-state index contributed by atoms with van der Waals surface area (Å²) in [6.07, 6.45) is 4.23. The molecule has 2 aromatic heterocycles. The number of esters is 1. The van der Waals surface area contributed by atoms with E-state index in [9.17, 15) is 9.59 Å². The normalized spacial score (nSPS) is 11.5. The Balaban J connectivity index is 2.15. The Kier molecular flexibility index (Phi) is 4.85. The third-order valence-corrected chi connectivity index (χ3v) is 4.43. The van der Waals surface area contributed by atoms with Crippen molar-refractivity contribution in [2.24, 2.45) is 4.99 Å². The van der Waals surface area contributed by atoms with E-state index in [1.54, 1.807) is 23.8 Å². The van der Waals surface area contributed by atoms with Gasteiger partial charge in [-0.25, -0.2) is 4.98 Å². The molecule has 8 nitrogen and oxygen atoms in total. The molecule has 0 saturated carbocycles. The zero-order chi connectivity index (χ0) is 17.8. The monoisotopic (exact) mass is 358 g/mol. The number of carbonyl (C=O) groups excluding carboxylic acids is 2. The van der Waals surface area contributed by atoms with Crippen LogP contribution in [0.25, 0.3) is 10.2 Å². The number of amides is 1. The van der Waals surface area contributed by atoms with E-state index in [-0.39, 0.29) is 12.2 Å². The van der Waals surface area contributed by atoms with Gasteiger partial charge in [-0.2, -0.15) is 4.99 Å². The summed E-state index contributed by atoms with van der Waals surface area (Å²) >= 11 is 1.27. The molecule has 1 aromatic carbocycles. The second-order valence-corrected chi connectivity index (χ2v) is 5.90. The summed E-state index contributed by atoms with van der Waals surface area (Å²) in [4.78, 5) is 36.3. The number of methoxy groups -OCH3 is 2. The van der Waals surface area contributed by atoms with Crippen molar-refractivity contribution < 1.29 is 19.1 Å². The summed E-state index contributed by atoms with van der Waals surface area (Å²) in [7, 11) is 2.88. The van der Waals surface area contributed by atoms with Gasteiger partial charge in [0.1, 0.15) is 18.0 Å². The highest BCUT2D eigenvalue weighted by atomic mass is 32.1. The molecule has 0 atom stereocenters. The number of carbonyl (C=O) groups is 2. The minimum Gasteiger partial charge on any atom is -0.497 e. The molecular weight excluding hydrogens is 344 g/mol. The molecule has 9 heteroatoms. The Labute approximate surface area is 146 Å². The van der Waals surface area contributed by atoms with Crippen molar-refractivity contribution >= 4 is 33.4 Å². The van der Waals surface area contributed by atoms with Gasteiger partial charge in [0.05, 0.1) is 30.6 Å². The van der Waals surface area contributed by atoms with E-state index >= 15 is 0 Å². The zero-order valence-electron chi connectivity index (χ0n) is 13.5. The number of aromatic nitrogens is 3. The van der Waals surface area contributed by atoms with Gasteiger partial charge in [0.15, 0.2) is 4.80 Å². The van der Waals surface area contributed by atoms with E-state index < -0.39 is 11.9 Å². The molecule has 128 valence electrons. The molecule has 0 saturated heterocycles. The van der Waals surface area contributed by atoms with Crippen LogP contribution in [0.2, 0.25) is 0 Å². The Bertz CT molecular complexity index is 994. The molecule has 0 aliphatic heterocycles. The van der Waals surface area contributed by atoms with Crippen molar-refractivity contribution in [3.05, 3.63) is 47.3 Å². The van der Waals surface area contributed by atoms with Crippen LogP contribution < -0.4 is 9.54 Å². The predicted octanol–water partition coefficient (Wildman–Crippen LogP) is 1.42. The molecule has 3 rings (SSSR count). The molecule has 25 heavy (non-hydrogen) atoms. The number of hydrogen-bond donors (Lipinski definition) is 0. The summed E-state index contributed by atoms with van der Waals surface area (Å²) in [5.74, 6) is -0.306. The summed E-state index contributed by atoms with van der Waals surface area (Å²) in [5, 5.41) is 0. The first-order chi connectivity index (χ1) is 12.1. The summed E-state index contributed by atoms with van der Waals surface area (Å²) < 4.78 is 12.4. The number of rotatable bonds is 4. The molecule has 0 aliphatic carbocycles. The Morgan fingerprint density at radius 2 is 2.12 bits per heavy atom. The smallest absolute Gasteiger partial charge is 0.325 e. The molecule has 0 radical (unpaired) electrons. The molecular formula is C16H14N4O4S. The highest BCUT2D eigenvalue weighted by molar-refractivity contribution is 7.16. The standard InChI is InChI=1S/C16H14N4O4S/c1-23-10-3-4-12-13(7-10)25-16(20(12)9-14(21)24-2)19-15(22)11-8-17-5-6-18-11/h3-8H,9H2,1-2H3. The van der Waals surface area contributed by atoms with E-state index in [0.717, 1.165) is 10.2 Å². The maximum Gasteiger partial charge on any atom is 0.325 e. The van der Waals surface area contributed by atoms with Crippen LogP contribution >= 0.6 is 11.3 Å². The van der Waals surface area contributed by atoms with Crippen LogP contribution in [0.4, 0.5) is 0 Å². The molecule has 0 aliphatic rings. The van der Waals surface area contributed by atoms with Gasteiger partial charge in [-0.3, -0.25) is 14.6 Å². The molecule has 0 N–H and O–H groups in total. The van der Waals surface area contributed by atoms with Crippen molar-refractivity contribution in [3.63, 3.8) is 0 Å². The van der Waals surface area contributed by atoms with E-state index in [1.807, 2.05) is 6.07 Å². The molecule has 3 aromatic rings. The lowest BCUT2D eigenvalue weighted by molar-refractivity contribution is -0.141. The van der Waals surface area contributed by atoms with Crippen LogP contribution in [0.5, 0.6) is 5.75 Å². The lowest BCUT2D eigenvalue weighted by Crippen LogP contribution is -2.22. The van der Waals surface area contributed by atoms with Crippen LogP contribution in [-0.4, -0.2) is 40.6 Å². The molecule has 0 unspecified atom stereocenters. The first-order valence-electron chi connectivity index (χ1n) is 7.21. The van der Waals surface area contributed by atoms with Gasteiger partial charge in [0.2, 0.25) is 0 Å². The lowest BCUT2D eigenvalue weighted by atomic mass is 10.3. The Morgan fingerprint density at radius 3 is 2.80 bits per heavy atom. The molecule has 2 heterocycles. The van der Waals surface area contributed by atoms with Crippen molar-refractivity contribution in [3.8, 4) is 5.75 Å². The van der Waals surface area contributed by atoms with Gasteiger partial charge in [-0.15, -0.1) is 0 Å². The summed E-state index contributed by atoms with van der Waals surface area (Å²) in [6.45, 7) is -0.0601. The van der Waals surface area contributed by atoms with Crippen LogP contribution in [0, 0.1) is 0 Å². The van der Waals surface area contributed by atoms with Crippen LogP contribution in [0.15, 0.2) is 41.8 Å². The fourth-order valence-electron chi connectivity index (χ4n) is 2.17. The Morgan fingerprint density at radius 1 is 1.28 bits per heavy atom. The fourth-order valence-corrected chi connectivity index (χ4v) is 3.22. The van der Waals surface area contributed by atoms with Gasteiger partial charge in [-0.1, -0.05) is 11.3 Å². The first-order valence-corrected chi connectivity index (χ1v) is 8.03. The molecule has 0 fully saturated rings. The highest BCUT2D eigenvalue weighted by Gasteiger charge is 2.13. The predicted molar refractivity (Wildman–Crippen MR) is 90.3 cm³/mol. The number of nitrogens with zero attached hydrogens (tertiary/aromatic N) is 4. The SMILES string of the molecule is COC(=O)Cn1c(=NC(=O)c2cnccn2)sc2cc(OC)ccc21. The summed E-state index contributed by atoms with van der Waals surface area (Å²) in [6, 6.07) is 5.40. The average Bonchev–Trinajstić information content (AvgIpc) is 2.98. The summed E-state index contributed by atoms with van der Waals surface area (Å²) in [5.41, 5.74) is 0.879. The van der Waals surface area contributed by atoms with Crippen molar-refractivity contribution in [2.75, 3.05) is 14.2 Å². The van der Waals surface area contributed by atoms with E-state index in [2.05, 4.69) is 15.0 Å². The highest BCUT2D eigenvalue weighted by Crippen LogP contribution is 2.23. The number of benzene rings is 1. The number of thiazole rings is 1. The first kappa shape index (κ1) is 16.8. The van der Waals surface area contributed by atoms with E-state index in [0.29, 0.717) is 10.6 Å². The fraction of sp³-hybridized carbons (Fsp3) is 0.188. The quantitative estimate of drug-likeness (QED) is 0.655. The second-order valence-electron chi connectivity index (χ2n) is 4.89. The van der Waals surface area contributed by atoms with Gasteiger partial charge < -0.3 is 14.0 Å². The number of hydrogen-bond acceptors (Lipinski definition) is 7. The average molecular weight is 358 g/mol. The van der Waals surface area contributed by atoms with Crippen molar-refractivity contribution in [2.45, 2.75) is 6.54 Å². The maximum atomic E-state index is 12.3. The van der Waals surface area contributed by atoms with E-state index in [4.69, 9.17) is 9.47 Å². The minimum absolute atomic E-state index is 0.0601. The van der Waals surface area contributed by atoms with Crippen LogP contribution in [0.1, 0.15) is 10.5 Å². The van der Waals surface area contributed by atoms with Crippen molar-refractivity contribution in [1.29, 1.82) is 0 Å². The van der Waals surface area contributed by atoms with Crippen molar-refractivity contribution in [1.82, 2.24) is 14.5 Å². The molecule has 1 amide bonds. The van der Waals surface area contributed by atoms with E-state index in [1.165, 1.54) is 37.0 Å². The zero-order valence-corrected chi connectivity index (χ0v) is 14.3. The third kappa shape index (κ3) is 3.56. The lowest BCUT2D eigenvalue weighted by Gasteiger charge is -2.04. The van der Waals surface area contributed by atoms with Gasteiger partial charge >= 0.3 is 5.97 Å². The van der Waals surface area contributed by atoms with Gasteiger partial charge in [0.25, 0.3) is 5.91 Å². The number of fused-ring (bicyclic) bond motifs is 1. The molecule has 0 spiro atoms. The maximum absolute atomic E-state index is 12.3. The topological polar surface area (TPSA) is 95.7 Å².